The Kier molecular flexibility index (Phi) is 9.12. The largest absolute Gasteiger partial charge is 0.489 e. The van der Waals surface area contributed by atoms with Gasteiger partial charge < -0.3 is 23.7 Å². The molecule has 0 unspecified atom stereocenters. The number of hydrogen-bond acceptors (Lipinski definition) is 7. The topological polar surface area (TPSA) is 92.3 Å². The monoisotopic (exact) mass is 585 g/mol. The van der Waals surface area contributed by atoms with Gasteiger partial charge in [-0.1, -0.05) is 47.5 Å². The zero-order valence-electron chi connectivity index (χ0n) is 22.5. The van der Waals surface area contributed by atoms with Crippen molar-refractivity contribution in [2.75, 3.05) is 13.7 Å². The predicted molar refractivity (Wildman–Crippen MR) is 152 cm³/mol. The Bertz CT molecular complexity index is 1410. The number of alkyl carbamates (subject to hydrolysis) is 1. The number of benzene rings is 3. The number of hydrogen-bond donors (Lipinski definition) is 1. The maximum Gasteiger partial charge on any atom is 0.412 e. The molecule has 1 aliphatic heterocycles. The molecule has 3 aromatic carbocycles. The Morgan fingerprint density at radius 2 is 1.75 bits per heavy atom. The van der Waals surface area contributed by atoms with Crippen LogP contribution in [-0.2, 0) is 20.9 Å². The lowest BCUT2D eigenvalue weighted by Crippen LogP contribution is -2.34. The first-order valence-corrected chi connectivity index (χ1v) is 13.2. The number of fused-ring (bicyclic) bond motifs is 1. The lowest BCUT2D eigenvalue weighted by atomic mass is 10.1. The van der Waals surface area contributed by atoms with E-state index in [-0.39, 0.29) is 18.4 Å². The Morgan fingerprint density at radius 1 is 1.00 bits per heavy atom. The summed E-state index contributed by atoms with van der Waals surface area (Å²) >= 11 is 12.0. The molecular formula is C30H29Cl2NO7. The lowest BCUT2D eigenvalue weighted by molar-refractivity contribution is -0.136. The molecule has 0 aromatic heterocycles. The van der Waals surface area contributed by atoms with Crippen molar-refractivity contribution in [3.8, 4) is 17.2 Å². The van der Waals surface area contributed by atoms with Crippen molar-refractivity contribution in [1.82, 2.24) is 5.32 Å². The number of amides is 1. The van der Waals surface area contributed by atoms with Gasteiger partial charge in [0.2, 0.25) is 0 Å². The summed E-state index contributed by atoms with van der Waals surface area (Å²) in [6.07, 6.45) is 0.384. The normalized spacial score (nSPS) is 14.8. The van der Waals surface area contributed by atoms with E-state index in [1.807, 2.05) is 30.3 Å². The Hall–Kier alpha value is -3.88. The van der Waals surface area contributed by atoms with Crippen LogP contribution in [0.5, 0.6) is 17.2 Å². The molecule has 1 heterocycles. The van der Waals surface area contributed by atoms with Crippen molar-refractivity contribution in [3.63, 3.8) is 0 Å². The van der Waals surface area contributed by atoms with E-state index in [0.29, 0.717) is 39.5 Å². The molecule has 8 nitrogen and oxygen atoms in total. The number of esters is 1. The Morgan fingerprint density at radius 3 is 2.42 bits per heavy atom. The third-order valence-electron chi connectivity index (χ3n) is 5.62. The second kappa shape index (κ2) is 12.5. The molecule has 1 N–H and O–H groups in total. The van der Waals surface area contributed by atoms with Gasteiger partial charge in [0.1, 0.15) is 30.3 Å². The van der Waals surface area contributed by atoms with Crippen molar-refractivity contribution in [2.45, 2.75) is 39.1 Å². The van der Waals surface area contributed by atoms with Gasteiger partial charge in [0.05, 0.1) is 17.2 Å². The van der Waals surface area contributed by atoms with Crippen LogP contribution in [0.3, 0.4) is 0 Å². The van der Waals surface area contributed by atoms with Gasteiger partial charge in [0.15, 0.2) is 17.6 Å². The maximum absolute atomic E-state index is 12.2. The average Bonchev–Trinajstić information content (AvgIpc) is 2.92. The Labute approximate surface area is 242 Å². The first-order chi connectivity index (χ1) is 19.0. The first-order valence-electron chi connectivity index (χ1n) is 12.4. The number of methoxy groups -OCH3 is 1. The highest BCUT2D eigenvalue weighted by atomic mass is 35.5. The molecule has 1 amide bonds. The third-order valence-corrected chi connectivity index (χ3v) is 6.36. The van der Waals surface area contributed by atoms with E-state index in [0.717, 1.165) is 11.1 Å². The highest BCUT2D eigenvalue weighted by molar-refractivity contribution is 6.42. The summed E-state index contributed by atoms with van der Waals surface area (Å²) in [6.45, 7) is 5.82. The standard InChI is InChI=1S/C30H29Cl2NO7/c1-30(2,3)40-29(35)33-24(28(34)36-4)14-18-6-12-25-26(15-18)38-17-27(39-25)20-7-9-21(10-8-20)37-16-19-5-11-22(31)23(32)13-19/h5-15,27H,16-17H2,1-4H3,(H,33,35)/b24-14+/t27-/m1/s1. The summed E-state index contributed by atoms with van der Waals surface area (Å²) in [6, 6.07) is 18.1. The summed E-state index contributed by atoms with van der Waals surface area (Å²) in [5.74, 6) is 1.04. The fraction of sp³-hybridized carbons (Fsp3) is 0.267. The number of ether oxygens (including phenoxy) is 5. The summed E-state index contributed by atoms with van der Waals surface area (Å²) in [5.41, 5.74) is 1.63. The van der Waals surface area contributed by atoms with Crippen LogP contribution in [0.4, 0.5) is 4.79 Å². The van der Waals surface area contributed by atoms with E-state index in [4.69, 9.17) is 46.9 Å². The number of carbonyl (C=O) groups excluding carboxylic acids is 2. The molecule has 0 saturated heterocycles. The van der Waals surface area contributed by atoms with Crippen LogP contribution in [0.15, 0.2) is 66.4 Å². The molecule has 40 heavy (non-hydrogen) atoms. The fourth-order valence-corrected chi connectivity index (χ4v) is 4.07. The number of nitrogens with one attached hydrogen (secondary N) is 1. The Balaban J connectivity index is 1.40. The van der Waals surface area contributed by atoms with Gasteiger partial charge in [-0.05, 0) is 79.9 Å². The summed E-state index contributed by atoms with van der Waals surface area (Å²) in [4.78, 5) is 24.4. The predicted octanol–water partition coefficient (Wildman–Crippen LogP) is 7.12. The molecule has 1 aliphatic rings. The molecule has 0 aliphatic carbocycles. The average molecular weight is 586 g/mol. The molecular weight excluding hydrogens is 557 g/mol. The van der Waals surface area contributed by atoms with E-state index < -0.39 is 17.7 Å². The first kappa shape index (κ1) is 29.1. The van der Waals surface area contributed by atoms with Crippen LogP contribution in [0.25, 0.3) is 6.08 Å². The molecule has 0 bridgehead atoms. The minimum absolute atomic E-state index is 0.0761. The van der Waals surface area contributed by atoms with Crippen molar-refractivity contribution in [3.05, 3.63) is 93.1 Å². The molecule has 1 atom stereocenters. The van der Waals surface area contributed by atoms with E-state index in [2.05, 4.69) is 5.32 Å². The van der Waals surface area contributed by atoms with Crippen molar-refractivity contribution < 1.29 is 33.3 Å². The van der Waals surface area contributed by atoms with E-state index in [1.165, 1.54) is 13.2 Å². The van der Waals surface area contributed by atoms with Crippen LogP contribution in [0.2, 0.25) is 10.0 Å². The molecule has 0 radical (unpaired) electrons. The molecule has 0 spiro atoms. The minimum atomic E-state index is -0.768. The van der Waals surface area contributed by atoms with Gasteiger partial charge in [-0.15, -0.1) is 0 Å². The molecule has 0 saturated carbocycles. The number of rotatable bonds is 7. The van der Waals surface area contributed by atoms with Crippen molar-refractivity contribution >= 4 is 41.3 Å². The molecule has 10 heteroatoms. The lowest BCUT2D eigenvalue weighted by Gasteiger charge is -2.27. The van der Waals surface area contributed by atoms with Crippen LogP contribution in [0, 0.1) is 0 Å². The van der Waals surface area contributed by atoms with Crippen LogP contribution in [-0.4, -0.2) is 31.4 Å². The quantitative estimate of drug-likeness (QED) is 0.233. The number of halogens is 2. The minimum Gasteiger partial charge on any atom is -0.489 e. The molecule has 3 aromatic rings. The number of carbonyl (C=O) groups is 2. The van der Waals surface area contributed by atoms with Gasteiger partial charge in [0.25, 0.3) is 0 Å². The second-order valence-electron chi connectivity index (χ2n) is 9.91. The van der Waals surface area contributed by atoms with Gasteiger partial charge >= 0.3 is 12.1 Å². The molecule has 0 fully saturated rings. The molecule has 4 rings (SSSR count). The van der Waals surface area contributed by atoms with Crippen LogP contribution >= 0.6 is 23.2 Å². The van der Waals surface area contributed by atoms with Gasteiger partial charge in [-0.3, -0.25) is 5.32 Å². The fourth-order valence-electron chi connectivity index (χ4n) is 3.75. The van der Waals surface area contributed by atoms with E-state index in [1.54, 1.807) is 51.1 Å². The van der Waals surface area contributed by atoms with Crippen molar-refractivity contribution in [2.24, 2.45) is 0 Å². The zero-order chi connectivity index (χ0) is 28.9. The SMILES string of the molecule is COC(=O)/C(=C\c1ccc2c(c1)OC[C@H](c1ccc(OCc3ccc(Cl)c(Cl)c3)cc1)O2)NC(=O)OC(C)(C)C. The van der Waals surface area contributed by atoms with E-state index >= 15 is 0 Å². The zero-order valence-corrected chi connectivity index (χ0v) is 24.0. The highest BCUT2D eigenvalue weighted by Crippen LogP contribution is 2.37. The van der Waals surface area contributed by atoms with Gasteiger partial charge in [-0.25, -0.2) is 9.59 Å². The smallest absolute Gasteiger partial charge is 0.412 e. The van der Waals surface area contributed by atoms with Crippen LogP contribution < -0.4 is 19.5 Å². The van der Waals surface area contributed by atoms with Gasteiger partial charge in [-0.2, -0.15) is 0 Å². The van der Waals surface area contributed by atoms with Crippen LogP contribution in [0.1, 0.15) is 43.6 Å². The summed E-state index contributed by atoms with van der Waals surface area (Å²) < 4.78 is 28.0. The van der Waals surface area contributed by atoms with E-state index in [9.17, 15) is 9.59 Å². The summed E-state index contributed by atoms with van der Waals surface area (Å²) in [7, 11) is 1.23. The maximum atomic E-state index is 12.2. The van der Waals surface area contributed by atoms with Crippen molar-refractivity contribution in [1.29, 1.82) is 0 Å². The summed E-state index contributed by atoms with van der Waals surface area (Å²) in [5, 5.41) is 3.42. The third kappa shape index (κ3) is 7.83. The highest BCUT2D eigenvalue weighted by Gasteiger charge is 2.24. The van der Waals surface area contributed by atoms with Gasteiger partial charge in [0, 0.05) is 0 Å². The molecule has 210 valence electrons. The second-order valence-corrected chi connectivity index (χ2v) is 10.7.